The standard InChI is InChI=1S/C16H20ClN3O/c1-16(2,12-4-3-7-19-10-12)15(21)20-14-8-13(17)6-5-11(14)9-18/h5-6,8,12,19H,3-4,7,10H2,1-2H3,(H,20,21). The lowest BCUT2D eigenvalue weighted by atomic mass is 9.74. The maximum Gasteiger partial charge on any atom is 0.230 e. The number of amides is 1. The van der Waals surface area contributed by atoms with Gasteiger partial charge in [0, 0.05) is 10.4 Å². The maximum absolute atomic E-state index is 12.6. The van der Waals surface area contributed by atoms with Crippen LogP contribution in [0.4, 0.5) is 5.69 Å². The minimum atomic E-state index is -0.498. The molecule has 1 heterocycles. The highest BCUT2D eigenvalue weighted by Gasteiger charge is 2.37. The highest BCUT2D eigenvalue weighted by atomic mass is 35.5. The Morgan fingerprint density at radius 1 is 1.52 bits per heavy atom. The topological polar surface area (TPSA) is 64.9 Å². The Balaban J connectivity index is 2.17. The van der Waals surface area contributed by atoms with Crippen LogP contribution in [0.2, 0.25) is 5.02 Å². The molecule has 1 fully saturated rings. The van der Waals surface area contributed by atoms with Crippen molar-refractivity contribution in [3.8, 4) is 6.07 Å². The maximum atomic E-state index is 12.6. The number of benzene rings is 1. The van der Waals surface area contributed by atoms with Crippen molar-refractivity contribution < 1.29 is 4.79 Å². The van der Waals surface area contributed by atoms with Gasteiger partial charge in [-0.15, -0.1) is 0 Å². The highest BCUT2D eigenvalue weighted by molar-refractivity contribution is 6.31. The van der Waals surface area contributed by atoms with Gasteiger partial charge in [-0.3, -0.25) is 4.79 Å². The summed E-state index contributed by atoms with van der Waals surface area (Å²) in [5.41, 5.74) is 0.403. The first-order valence-corrected chi connectivity index (χ1v) is 7.54. The molecular formula is C16H20ClN3O. The Kier molecular flexibility index (Phi) is 4.87. The predicted molar refractivity (Wildman–Crippen MR) is 84.2 cm³/mol. The predicted octanol–water partition coefficient (Wildman–Crippen LogP) is 3.18. The summed E-state index contributed by atoms with van der Waals surface area (Å²) in [6, 6.07) is 6.95. The number of carbonyl (C=O) groups is 1. The van der Waals surface area contributed by atoms with Crippen LogP contribution in [0.1, 0.15) is 32.3 Å². The number of anilines is 1. The van der Waals surface area contributed by atoms with E-state index in [1.165, 1.54) is 0 Å². The zero-order valence-corrected chi connectivity index (χ0v) is 13.1. The second kappa shape index (κ2) is 6.46. The number of piperidine rings is 1. The number of nitrogens with one attached hydrogen (secondary N) is 2. The van der Waals surface area contributed by atoms with Crippen molar-refractivity contribution in [3.63, 3.8) is 0 Å². The van der Waals surface area contributed by atoms with Gasteiger partial charge >= 0.3 is 0 Å². The van der Waals surface area contributed by atoms with Gasteiger partial charge in [0.25, 0.3) is 0 Å². The number of rotatable bonds is 3. The van der Waals surface area contributed by atoms with Crippen molar-refractivity contribution in [2.24, 2.45) is 11.3 Å². The lowest BCUT2D eigenvalue weighted by molar-refractivity contribution is -0.127. The summed E-state index contributed by atoms with van der Waals surface area (Å²) < 4.78 is 0. The first-order valence-electron chi connectivity index (χ1n) is 7.17. The molecule has 2 rings (SSSR count). The summed E-state index contributed by atoms with van der Waals surface area (Å²) in [6.07, 6.45) is 2.12. The molecule has 4 nitrogen and oxygen atoms in total. The fourth-order valence-corrected chi connectivity index (χ4v) is 2.83. The summed E-state index contributed by atoms with van der Waals surface area (Å²) in [5.74, 6) is 0.214. The smallest absolute Gasteiger partial charge is 0.230 e. The van der Waals surface area contributed by atoms with Crippen LogP contribution in [-0.4, -0.2) is 19.0 Å². The Morgan fingerprint density at radius 2 is 2.29 bits per heavy atom. The summed E-state index contributed by atoms with van der Waals surface area (Å²) in [6.45, 7) is 5.77. The number of carbonyl (C=O) groups excluding carboxylic acids is 1. The number of nitrogens with zero attached hydrogens (tertiary/aromatic N) is 1. The second-order valence-electron chi connectivity index (χ2n) is 6.02. The molecule has 1 amide bonds. The Labute approximate surface area is 130 Å². The minimum Gasteiger partial charge on any atom is -0.324 e. The molecule has 1 aliphatic rings. The third-order valence-corrected chi connectivity index (χ3v) is 4.49. The molecule has 0 aromatic heterocycles. The van der Waals surface area contributed by atoms with E-state index < -0.39 is 5.41 Å². The molecule has 0 aliphatic carbocycles. The number of nitriles is 1. The van der Waals surface area contributed by atoms with E-state index >= 15 is 0 Å². The van der Waals surface area contributed by atoms with Gasteiger partial charge in [-0.2, -0.15) is 5.26 Å². The molecule has 112 valence electrons. The van der Waals surface area contributed by atoms with Crippen LogP contribution in [0.5, 0.6) is 0 Å². The summed E-state index contributed by atoms with van der Waals surface area (Å²) in [7, 11) is 0. The van der Waals surface area contributed by atoms with Crippen LogP contribution < -0.4 is 10.6 Å². The Bertz CT molecular complexity index is 571. The van der Waals surface area contributed by atoms with Gasteiger partial charge in [-0.05, 0) is 50.0 Å². The molecule has 1 aromatic carbocycles. The average molecular weight is 306 g/mol. The van der Waals surface area contributed by atoms with E-state index in [2.05, 4.69) is 16.7 Å². The quantitative estimate of drug-likeness (QED) is 0.901. The minimum absolute atomic E-state index is 0.0741. The van der Waals surface area contributed by atoms with Gasteiger partial charge in [0.15, 0.2) is 0 Å². The first-order chi connectivity index (χ1) is 9.95. The summed E-state index contributed by atoms with van der Waals surface area (Å²) >= 11 is 5.95. The SMILES string of the molecule is CC(C)(C(=O)Nc1cc(Cl)ccc1C#N)C1CCCNC1. The fourth-order valence-electron chi connectivity index (χ4n) is 2.65. The van der Waals surface area contributed by atoms with E-state index in [1.54, 1.807) is 18.2 Å². The average Bonchev–Trinajstić information content (AvgIpc) is 2.48. The molecule has 5 heteroatoms. The first kappa shape index (κ1) is 15.8. The molecule has 0 bridgehead atoms. The van der Waals surface area contributed by atoms with Crippen molar-refractivity contribution in [1.29, 1.82) is 5.26 Å². The molecule has 1 unspecified atom stereocenters. The molecule has 1 atom stereocenters. The number of hydrogen-bond donors (Lipinski definition) is 2. The van der Waals surface area contributed by atoms with Gasteiger partial charge in [0.1, 0.15) is 6.07 Å². The molecule has 1 aromatic rings. The molecular weight excluding hydrogens is 286 g/mol. The van der Waals surface area contributed by atoms with Crippen molar-refractivity contribution in [2.45, 2.75) is 26.7 Å². The molecule has 21 heavy (non-hydrogen) atoms. The fraction of sp³-hybridized carbons (Fsp3) is 0.500. The van der Waals surface area contributed by atoms with E-state index in [0.717, 1.165) is 25.9 Å². The van der Waals surface area contributed by atoms with Crippen LogP contribution in [0.15, 0.2) is 18.2 Å². The molecule has 0 radical (unpaired) electrons. The van der Waals surface area contributed by atoms with Crippen LogP contribution in [-0.2, 0) is 4.79 Å². The zero-order chi connectivity index (χ0) is 15.5. The monoisotopic (exact) mass is 305 g/mol. The van der Waals surface area contributed by atoms with Crippen molar-refractivity contribution in [2.75, 3.05) is 18.4 Å². The Hall–Kier alpha value is -1.57. The lowest BCUT2D eigenvalue weighted by Crippen LogP contribution is -2.44. The molecule has 1 saturated heterocycles. The lowest BCUT2D eigenvalue weighted by Gasteiger charge is -2.36. The highest BCUT2D eigenvalue weighted by Crippen LogP contribution is 2.33. The molecule has 0 spiro atoms. The van der Waals surface area contributed by atoms with Gasteiger partial charge in [0.05, 0.1) is 11.3 Å². The van der Waals surface area contributed by atoms with E-state index in [1.807, 2.05) is 13.8 Å². The van der Waals surface area contributed by atoms with Crippen molar-refractivity contribution in [3.05, 3.63) is 28.8 Å². The Morgan fingerprint density at radius 3 is 2.90 bits per heavy atom. The van der Waals surface area contributed by atoms with Crippen molar-refractivity contribution in [1.82, 2.24) is 5.32 Å². The third-order valence-electron chi connectivity index (χ3n) is 4.25. The normalized spacial score (nSPS) is 18.9. The second-order valence-corrected chi connectivity index (χ2v) is 6.46. The van der Waals surface area contributed by atoms with Gasteiger partial charge in [0.2, 0.25) is 5.91 Å². The van der Waals surface area contributed by atoms with E-state index in [9.17, 15) is 4.79 Å². The molecule has 1 aliphatic heterocycles. The number of hydrogen-bond acceptors (Lipinski definition) is 3. The number of halogens is 1. The molecule has 2 N–H and O–H groups in total. The van der Waals surface area contributed by atoms with E-state index in [4.69, 9.17) is 16.9 Å². The van der Waals surface area contributed by atoms with Crippen LogP contribution in [0, 0.1) is 22.7 Å². The third kappa shape index (κ3) is 3.55. The van der Waals surface area contributed by atoms with Crippen LogP contribution in [0.3, 0.4) is 0 Å². The van der Waals surface area contributed by atoms with Crippen LogP contribution >= 0.6 is 11.6 Å². The van der Waals surface area contributed by atoms with E-state index in [-0.39, 0.29) is 11.8 Å². The largest absolute Gasteiger partial charge is 0.324 e. The van der Waals surface area contributed by atoms with Gasteiger partial charge in [-0.25, -0.2) is 0 Å². The summed E-state index contributed by atoms with van der Waals surface area (Å²) in [4.78, 5) is 12.6. The van der Waals surface area contributed by atoms with Crippen LogP contribution in [0.25, 0.3) is 0 Å². The van der Waals surface area contributed by atoms with Gasteiger partial charge in [-0.1, -0.05) is 25.4 Å². The zero-order valence-electron chi connectivity index (χ0n) is 12.4. The molecule has 0 saturated carbocycles. The van der Waals surface area contributed by atoms with Gasteiger partial charge < -0.3 is 10.6 Å². The van der Waals surface area contributed by atoms with Crippen molar-refractivity contribution >= 4 is 23.2 Å². The van der Waals surface area contributed by atoms with E-state index in [0.29, 0.717) is 16.3 Å². The summed E-state index contributed by atoms with van der Waals surface area (Å²) in [5, 5.41) is 15.8.